The van der Waals surface area contributed by atoms with Gasteiger partial charge in [0, 0.05) is 52.4 Å². The summed E-state index contributed by atoms with van der Waals surface area (Å²) in [6.45, 7) is 0. The molecule has 0 unspecified atom stereocenters. The highest BCUT2D eigenvalue weighted by Gasteiger charge is 2.12. The third-order valence-electron chi connectivity index (χ3n) is 4.56. The van der Waals surface area contributed by atoms with Gasteiger partial charge in [0.05, 0.1) is 11.2 Å². The molecule has 130 valence electrons. The van der Waals surface area contributed by atoms with Gasteiger partial charge in [-0.1, -0.05) is 18.2 Å². The number of nitrogens with one attached hydrogen (secondary N) is 1. The van der Waals surface area contributed by atoms with E-state index < -0.39 is 0 Å². The molecule has 0 aliphatic carbocycles. The van der Waals surface area contributed by atoms with Crippen LogP contribution in [0.25, 0.3) is 21.7 Å². The molecule has 1 aliphatic rings. The SMILES string of the molecule is Fc1cccc(Nc2nc3cc(C4=NN=CC4)ccc3c3cnccc23)c1. The quantitative estimate of drug-likeness (QED) is 0.535. The van der Waals surface area contributed by atoms with Crippen LogP contribution in [-0.2, 0) is 0 Å². The van der Waals surface area contributed by atoms with Gasteiger partial charge in [-0.2, -0.15) is 10.2 Å². The van der Waals surface area contributed by atoms with Crippen molar-refractivity contribution in [1.29, 1.82) is 0 Å². The van der Waals surface area contributed by atoms with Gasteiger partial charge in [-0.15, -0.1) is 0 Å². The molecule has 1 aliphatic heterocycles. The van der Waals surface area contributed by atoms with Crippen LogP contribution in [0.3, 0.4) is 0 Å². The molecule has 0 saturated carbocycles. The van der Waals surface area contributed by atoms with Crippen LogP contribution in [0, 0.1) is 5.82 Å². The van der Waals surface area contributed by atoms with Crippen molar-refractivity contribution in [2.75, 3.05) is 5.32 Å². The molecule has 0 spiro atoms. The van der Waals surface area contributed by atoms with Gasteiger partial charge in [0.25, 0.3) is 0 Å². The largest absolute Gasteiger partial charge is 0.340 e. The van der Waals surface area contributed by atoms with E-state index in [1.54, 1.807) is 18.5 Å². The van der Waals surface area contributed by atoms with E-state index >= 15 is 0 Å². The molecule has 2 aromatic carbocycles. The fourth-order valence-electron chi connectivity index (χ4n) is 3.28. The second-order valence-electron chi connectivity index (χ2n) is 6.30. The van der Waals surface area contributed by atoms with Gasteiger partial charge in [-0.3, -0.25) is 4.98 Å². The lowest BCUT2D eigenvalue weighted by Gasteiger charge is -2.12. The molecule has 5 rings (SSSR count). The van der Waals surface area contributed by atoms with E-state index in [1.807, 2.05) is 36.5 Å². The molecule has 5 nitrogen and oxygen atoms in total. The lowest BCUT2D eigenvalue weighted by molar-refractivity contribution is 0.628. The summed E-state index contributed by atoms with van der Waals surface area (Å²) < 4.78 is 13.6. The standard InChI is InChI=1S/C21H14FN5/c22-14-2-1-3-15(11-14)25-21-17-6-8-23-12-18(17)16-5-4-13(10-20(16)26-21)19-7-9-24-27-19/h1-6,8-12H,7H2,(H,25,26). The summed E-state index contributed by atoms with van der Waals surface area (Å²) in [6, 6.07) is 14.3. The Morgan fingerprint density at radius 1 is 0.963 bits per heavy atom. The molecule has 2 aromatic heterocycles. The second-order valence-corrected chi connectivity index (χ2v) is 6.30. The summed E-state index contributed by atoms with van der Waals surface area (Å²) in [4.78, 5) is 9.07. The van der Waals surface area contributed by atoms with E-state index in [9.17, 15) is 4.39 Å². The zero-order valence-electron chi connectivity index (χ0n) is 14.2. The number of anilines is 2. The fourth-order valence-corrected chi connectivity index (χ4v) is 3.28. The number of hydrogen-bond acceptors (Lipinski definition) is 5. The first kappa shape index (κ1) is 15.6. The second kappa shape index (κ2) is 6.25. The zero-order valence-corrected chi connectivity index (χ0v) is 14.2. The monoisotopic (exact) mass is 355 g/mol. The molecule has 0 saturated heterocycles. The highest BCUT2D eigenvalue weighted by Crippen LogP contribution is 2.31. The van der Waals surface area contributed by atoms with Crippen molar-refractivity contribution in [3.05, 3.63) is 72.3 Å². The molecule has 0 atom stereocenters. The van der Waals surface area contributed by atoms with E-state index in [-0.39, 0.29) is 5.82 Å². The molecule has 6 heteroatoms. The van der Waals surface area contributed by atoms with Crippen LogP contribution in [0.1, 0.15) is 12.0 Å². The Kier molecular flexibility index (Phi) is 3.60. The van der Waals surface area contributed by atoms with E-state index in [0.29, 0.717) is 11.5 Å². The molecule has 0 fully saturated rings. The van der Waals surface area contributed by atoms with Crippen LogP contribution in [-0.4, -0.2) is 21.9 Å². The topological polar surface area (TPSA) is 62.5 Å². The summed E-state index contributed by atoms with van der Waals surface area (Å²) in [7, 11) is 0. The normalized spacial score (nSPS) is 13.3. The highest BCUT2D eigenvalue weighted by molar-refractivity contribution is 6.14. The lowest BCUT2D eigenvalue weighted by Crippen LogP contribution is -2.00. The number of fused-ring (bicyclic) bond motifs is 3. The van der Waals surface area contributed by atoms with Crippen molar-refractivity contribution in [1.82, 2.24) is 9.97 Å². The number of nitrogens with zero attached hydrogens (tertiary/aromatic N) is 4. The summed E-state index contributed by atoms with van der Waals surface area (Å²) in [5.41, 5.74) is 3.38. The molecular formula is C21H14FN5. The van der Waals surface area contributed by atoms with Gasteiger partial charge < -0.3 is 5.32 Å². The predicted octanol–water partition coefficient (Wildman–Crippen LogP) is 4.84. The maximum Gasteiger partial charge on any atom is 0.139 e. The van der Waals surface area contributed by atoms with Crippen LogP contribution in [0.15, 0.2) is 71.1 Å². The van der Waals surface area contributed by atoms with Crippen LogP contribution >= 0.6 is 0 Å². The molecule has 0 radical (unpaired) electrons. The van der Waals surface area contributed by atoms with E-state index in [1.165, 1.54) is 12.1 Å². The summed E-state index contributed by atoms with van der Waals surface area (Å²) in [5.74, 6) is 0.362. The average molecular weight is 355 g/mol. The molecule has 0 amide bonds. The third-order valence-corrected chi connectivity index (χ3v) is 4.56. The molecule has 1 N–H and O–H groups in total. The maximum atomic E-state index is 13.6. The van der Waals surface area contributed by atoms with E-state index in [4.69, 9.17) is 4.98 Å². The van der Waals surface area contributed by atoms with Gasteiger partial charge in [-0.25, -0.2) is 9.37 Å². The van der Waals surface area contributed by atoms with Crippen molar-refractivity contribution in [3.8, 4) is 0 Å². The first-order valence-electron chi connectivity index (χ1n) is 8.57. The van der Waals surface area contributed by atoms with Crippen molar-refractivity contribution < 1.29 is 4.39 Å². The van der Waals surface area contributed by atoms with E-state index in [0.717, 1.165) is 39.4 Å². The van der Waals surface area contributed by atoms with E-state index in [2.05, 4.69) is 20.5 Å². The first-order valence-corrected chi connectivity index (χ1v) is 8.57. The Labute approximate surface area is 154 Å². The molecule has 27 heavy (non-hydrogen) atoms. The number of benzene rings is 2. The Morgan fingerprint density at radius 3 is 2.78 bits per heavy atom. The van der Waals surface area contributed by atoms with Crippen molar-refractivity contribution in [3.63, 3.8) is 0 Å². The zero-order chi connectivity index (χ0) is 18.2. The Hall–Kier alpha value is -3.67. The summed E-state index contributed by atoms with van der Waals surface area (Å²) in [5, 5.41) is 14.3. The highest BCUT2D eigenvalue weighted by atomic mass is 19.1. The number of hydrogen-bond donors (Lipinski definition) is 1. The molecule has 0 bridgehead atoms. The molecular weight excluding hydrogens is 341 g/mol. The Bertz CT molecular complexity index is 1250. The van der Waals surface area contributed by atoms with Crippen molar-refractivity contribution >= 4 is 45.1 Å². The maximum absolute atomic E-state index is 13.6. The van der Waals surface area contributed by atoms with Crippen molar-refractivity contribution in [2.24, 2.45) is 10.2 Å². The summed E-state index contributed by atoms with van der Waals surface area (Å²) in [6.07, 6.45) is 6.06. The predicted molar refractivity (Wildman–Crippen MR) is 106 cm³/mol. The minimum Gasteiger partial charge on any atom is -0.340 e. The van der Waals surface area contributed by atoms with Crippen LogP contribution in [0.2, 0.25) is 0 Å². The van der Waals surface area contributed by atoms with Gasteiger partial charge in [0.1, 0.15) is 11.6 Å². The van der Waals surface area contributed by atoms with Gasteiger partial charge in [0.15, 0.2) is 0 Å². The minimum absolute atomic E-state index is 0.298. The van der Waals surface area contributed by atoms with Crippen LogP contribution in [0.4, 0.5) is 15.9 Å². The first-order chi connectivity index (χ1) is 13.3. The summed E-state index contributed by atoms with van der Waals surface area (Å²) >= 11 is 0. The van der Waals surface area contributed by atoms with Gasteiger partial charge in [0.2, 0.25) is 0 Å². The molecule has 4 aromatic rings. The minimum atomic E-state index is -0.298. The lowest BCUT2D eigenvalue weighted by atomic mass is 10.0. The van der Waals surface area contributed by atoms with Gasteiger partial charge >= 0.3 is 0 Å². The average Bonchev–Trinajstić information content (AvgIpc) is 3.23. The van der Waals surface area contributed by atoms with Crippen LogP contribution in [0.5, 0.6) is 0 Å². The number of aromatic nitrogens is 2. The number of halogens is 1. The number of rotatable bonds is 3. The van der Waals surface area contributed by atoms with Crippen molar-refractivity contribution in [2.45, 2.75) is 6.42 Å². The van der Waals surface area contributed by atoms with Crippen LogP contribution < -0.4 is 5.32 Å². The fraction of sp³-hybridized carbons (Fsp3) is 0.0476. The Morgan fingerprint density at radius 2 is 1.93 bits per heavy atom. The van der Waals surface area contributed by atoms with Gasteiger partial charge in [-0.05, 0) is 30.3 Å². The molecule has 3 heterocycles. The Balaban J connectivity index is 1.70. The number of pyridine rings is 2. The smallest absolute Gasteiger partial charge is 0.139 e. The third kappa shape index (κ3) is 2.81.